The summed E-state index contributed by atoms with van der Waals surface area (Å²) in [6.45, 7) is 0. The zero-order valence-electron chi connectivity index (χ0n) is 7.59. The number of nitrogens with two attached hydrogens (primary N) is 1. The van der Waals surface area contributed by atoms with Crippen LogP contribution in [0.2, 0.25) is 0 Å². The highest BCUT2D eigenvalue weighted by Crippen LogP contribution is 2.34. The molecule has 0 heterocycles. The maximum Gasteiger partial charge on any atom is 0.244 e. The minimum absolute atomic E-state index is 0.0931. The number of halogens is 1. The van der Waals surface area contributed by atoms with Crippen molar-refractivity contribution in [2.24, 2.45) is 5.73 Å². The zero-order chi connectivity index (χ0) is 10.2. The van der Waals surface area contributed by atoms with Crippen LogP contribution in [-0.2, 0) is 4.79 Å². The number of carbonyl (C=O) groups is 1. The molecule has 0 bridgehead atoms. The SMILES string of the molecule is NC1(C(=O)Nc2ccccc2Br)CC1. The van der Waals surface area contributed by atoms with E-state index in [0.717, 1.165) is 23.0 Å². The Labute approximate surface area is 90.8 Å². The Morgan fingerprint density at radius 3 is 2.64 bits per heavy atom. The van der Waals surface area contributed by atoms with Gasteiger partial charge in [0, 0.05) is 4.47 Å². The predicted octanol–water partition coefficient (Wildman–Crippen LogP) is 1.88. The summed E-state index contributed by atoms with van der Waals surface area (Å²) in [6, 6.07) is 7.49. The number of rotatable bonds is 2. The standard InChI is InChI=1S/C10H11BrN2O/c11-7-3-1-2-4-8(7)13-9(14)10(12)5-6-10/h1-4H,5-6,12H2,(H,13,14). The van der Waals surface area contributed by atoms with Gasteiger partial charge >= 0.3 is 0 Å². The number of nitrogens with one attached hydrogen (secondary N) is 1. The fraction of sp³-hybridized carbons (Fsp3) is 0.300. The highest BCUT2D eigenvalue weighted by Gasteiger charge is 2.46. The number of hydrogen-bond acceptors (Lipinski definition) is 2. The van der Waals surface area contributed by atoms with Crippen molar-refractivity contribution in [1.29, 1.82) is 0 Å². The van der Waals surface area contributed by atoms with E-state index in [9.17, 15) is 4.79 Å². The molecule has 0 saturated heterocycles. The molecule has 0 aliphatic heterocycles. The lowest BCUT2D eigenvalue weighted by atomic mass is 10.2. The van der Waals surface area contributed by atoms with Crippen LogP contribution in [0.5, 0.6) is 0 Å². The molecule has 1 fully saturated rings. The molecule has 1 aliphatic carbocycles. The van der Waals surface area contributed by atoms with Gasteiger partial charge in [0.15, 0.2) is 0 Å². The van der Waals surface area contributed by atoms with Crippen LogP contribution in [0.25, 0.3) is 0 Å². The molecule has 1 aromatic rings. The predicted molar refractivity (Wildman–Crippen MR) is 58.9 cm³/mol. The third-order valence-corrected chi connectivity index (χ3v) is 3.05. The van der Waals surface area contributed by atoms with Gasteiger partial charge in [0.1, 0.15) is 0 Å². The van der Waals surface area contributed by atoms with Crippen molar-refractivity contribution in [3.8, 4) is 0 Å². The van der Waals surface area contributed by atoms with Crippen LogP contribution in [0.3, 0.4) is 0 Å². The average molecular weight is 255 g/mol. The Balaban J connectivity index is 2.11. The van der Waals surface area contributed by atoms with E-state index in [1.807, 2.05) is 24.3 Å². The van der Waals surface area contributed by atoms with E-state index >= 15 is 0 Å². The summed E-state index contributed by atoms with van der Waals surface area (Å²) >= 11 is 3.36. The number of amides is 1. The van der Waals surface area contributed by atoms with Gasteiger partial charge in [-0.25, -0.2) is 0 Å². The molecule has 3 N–H and O–H groups in total. The summed E-state index contributed by atoms with van der Waals surface area (Å²) in [5.41, 5.74) is 5.92. The van der Waals surface area contributed by atoms with Crippen LogP contribution >= 0.6 is 15.9 Å². The van der Waals surface area contributed by atoms with Crippen LogP contribution in [0.1, 0.15) is 12.8 Å². The monoisotopic (exact) mass is 254 g/mol. The summed E-state index contributed by atoms with van der Waals surface area (Å²) in [5, 5.41) is 2.80. The van der Waals surface area contributed by atoms with Crippen molar-refractivity contribution in [3.05, 3.63) is 28.7 Å². The Morgan fingerprint density at radius 1 is 1.43 bits per heavy atom. The Morgan fingerprint density at radius 2 is 2.07 bits per heavy atom. The number of anilines is 1. The van der Waals surface area contributed by atoms with E-state index < -0.39 is 5.54 Å². The molecule has 0 aromatic heterocycles. The molecule has 4 heteroatoms. The third-order valence-electron chi connectivity index (χ3n) is 2.36. The number of hydrogen-bond donors (Lipinski definition) is 2. The quantitative estimate of drug-likeness (QED) is 0.847. The number of benzene rings is 1. The highest BCUT2D eigenvalue weighted by molar-refractivity contribution is 9.10. The van der Waals surface area contributed by atoms with E-state index in [-0.39, 0.29) is 5.91 Å². The third kappa shape index (κ3) is 1.81. The fourth-order valence-corrected chi connectivity index (χ4v) is 1.56. The molecule has 1 amide bonds. The van der Waals surface area contributed by atoms with Crippen LogP contribution < -0.4 is 11.1 Å². The lowest BCUT2D eigenvalue weighted by molar-refractivity contribution is -0.118. The minimum atomic E-state index is -0.616. The van der Waals surface area contributed by atoms with Crippen LogP contribution in [0.15, 0.2) is 28.7 Å². The summed E-state index contributed by atoms with van der Waals surface area (Å²) in [7, 11) is 0. The van der Waals surface area contributed by atoms with E-state index in [1.165, 1.54) is 0 Å². The van der Waals surface area contributed by atoms with Crippen molar-refractivity contribution >= 4 is 27.5 Å². The summed E-state index contributed by atoms with van der Waals surface area (Å²) in [4.78, 5) is 11.6. The van der Waals surface area contributed by atoms with Gasteiger partial charge < -0.3 is 11.1 Å². The Bertz CT molecular complexity index is 374. The number of carbonyl (C=O) groups excluding carboxylic acids is 1. The van der Waals surface area contributed by atoms with E-state index in [1.54, 1.807) is 0 Å². The Hall–Kier alpha value is -0.870. The molecular weight excluding hydrogens is 244 g/mol. The van der Waals surface area contributed by atoms with Crippen molar-refractivity contribution in [2.75, 3.05) is 5.32 Å². The molecule has 2 rings (SSSR count). The van der Waals surface area contributed by atoms with Crippen molar-refractivity contribution in [3.63, 3.8) is 0 Å². The fourth-order valence-electron chi connectivity index (χ4n) is 1.17. The molecule has 14 heavy (non-hydrogen) atoms. The van der Waals surface area contributed by atoms with E-state index in [4.69, 9.17) is 5.73 Å². The maximum atomic E-state index is 11.6. The molecule has 1 aliphatic rings. The van der Waals surface area contributed by atoms with Crippen molar-refractivity contribution in [2.45, 2.75) is 18.4 Å². The zero-order valence-corrected chi connectivity index (χ0v) is 9.17. The van der Waals surface area contributed by atoms with Crippen molar-refractivity contribution in [1.82, 2.24) is 0 Å². The summed E-state index contributed by atoms with van der Waals surface area (Å²) < 4.78 is 0.873. The van der Waals surface area contributed by atoms with Gasteiger partial charge in [0.05, 0.1) is 11.2 Å². The molecule has 0 unspecified atom stereocenters. The van der Waals surface area contributed by atoms with Crippen LogP contribution in [0.4, 0.5) is 5.69 Å². The molecule has 74 valence electrons. The van der Waals surface area contributed by atoms with Gasteiger partial charge in [0.2, 0.25) is 5.91 Å². The smallest absolute Gasteiger partial charge is 0.244 e. The second-order valence-electron chi connectivity index (χ2n) is 3.59. The van der Waals surface area contributed by atoms with Crippen LogP contribution in [-0.4, -0.2) is 11.4 Å². The van der Waals surface area contributed by atoms with Gasteiger partial charge in [-0.05, 0) is 40.9 Å². The topological polar surface area (TPSA) is 55.1 Å². The van der Waals surface area contributed by atoms with Gasteiger partial charge in [-0.3, -0.25) is 4.79 Å². The molecule has 3 nitrogen and oxygen atoms in total. The lowest BCUT2D eigenvalue weighted by Gasteiger charge is -2.10. The normalized spacial score (nSPS) is 17.6. The Kier molecular flexibility index (Phi) is 2.33. The lowest BCUT2D eigenvalue weighted by Crippen LogP contribution is -2.37. The van der Waals surface area contributed by atoms with E-state index in [2.05, 4.69) is 21.2 Å². The molecule has 0 radical (unpaired) electrons. The van der Waals surface area contributed by atoms with Gasteiger partial charge in [-0.2, -0.15) is 0 Å². The molecule has 0 atom stereocenters. The van der Waals surface area contributed by atoms with Gasteiger partial charge in [-0.1, -0.05) is 12.1 Å². The largest absolute Gasteiger partial charge is 0.323 e. The second kappa shape index (κ2) is 3.37. The van der Waals surface area contributed by atoms with E-state index in [0.29, 0.717) is 0 Å². The van der Waals surface area contributed by atoms with Gasteiger partial charge in [-0.15, -0.1) is 0 Å². The first-order valence-electron chi connectivity index (χ1n) is 4.47. The first-order chi connectivity index (χ1) is 6.62. The summed E-state index contributed by atoms with van der Waals surface area (Å²) in [6.07, 6.45) is 1.56. The summed E-state index contributed by atoms with van der Waals surface area (Å²) in [5.74, 6) is -0.0931. The molecular formula is C10H11BrN2O. The van der Waals surface area contributed by atoms with Gasteiger partial charge in [0.25, 0.3) is 0 Å². The van der Waals surface area contributed by atoms with Crippen molar-refractivity contribution < 1.29 is 4.79 Å². The van der Waals surface area contributed by atoms with Crippen LogP contribution in [0, 0.1) is 0 Å². The first kappa shape index (κ1) is 9.68. The maximum absolute atomic E-state index is 11.6. The average Bonchev–Trinajstić information content (AvgIpc) is 2.89. The second-order valence-corrected chi connectivity index (χ2v) is 4.44. The number of para-hydroxylation sites is 1. The molecule has 0 spiro atoms. The first-order valence-corrected chi connectivity index (χ1v) is 5.26. The molecule has 1 saturated carbocycles. The minimum Gasteiger partial charge on any atom is -0.323 e. The highest BCUT2D eigenvalue weighted by atomic mass is 79.9. The molecule has 1 aromatic carbocycles.